The lowest BCUT2D eigenvalue weighted by atomic mass is 10.1. The third-order valence-electron chi connectivity index (χ3n) is 2.62. The Hall–Kier alpha value is -0.730. The highest BCUT2D eigenvalue weighted by Crippen LogP contribution is 2.28. The molecule has 1 rings (SSSR count). The summed E-state index contributed by atoms with van der Waals surface area (Å²) in [5.41, 5.74) is 1.20. The Morgan fingerprint density at radius 2 is 2.06 bits per heavy atom. The summed E-state index contributed by atoms with van der Waals surface area (Å²) in [4.78, 5) is 0. The van der Waals surface area contributed by atoms with Gasteiger partial charge >= 0.3 is 0 Å². The normalized spacial score (nSPS) is 12.5. The van der Waals surface area contributed by atoms with Crippen molar-refractivity contribution in [1.82, 2.24) is 5.32 Å². The molecule has 0 aliphatic rings. The van der Waals surface area contributed by atoms with E-state index in [4.69, 9.17) is 16.3 Å². The van der Waals surface area contributed by atoms with Crippen LogP contribution in [0.2, 0.25) is 5.02 Å². The predicted octanol–water partition coefficient (Wildman–Crippen LogP) is 4.19. The highest BCUT2D eigenvalue weighted by atomic mass is 35.5. The third-order valence-corrected chi connectivity index (χ3v) is 2.91. The van der Waals surface area contributed by atoms with Gasteiger partial charge in [0.1, 0.15) is 5.75 Å². The van der Waals surface area contributed by atoms with Crippen LogP contribution in [0.25, 0.3) is 0 Å². The van der Waals surface area contributed by atoms with Gasteiger partial charge in [0.2, 0.25) is 0 Å². The summed E-state index contributed by atoms with van der Waals surface area (Å²) >= 11 is 6.19. The molecule has 96 valence electrons. The molecule has 0 heterocycles. The lowest BCUT2D eigenvalue weighted by Crippen LogP contribution is -2.19. The van der Waals surface area contributed by atoms with Crippen LogP contribution in [0.5, 0.6) is 5.75 Å². The maximum absolute atomic E-state index is 6.19. The molecule has 3 heteroatoms. The van der Waals surface area contributed by atoms with Crippen LogP contribution in [-0.4, -0.2) is 13.2 Å². The van der Waals surface area contributed by atoms with Gasteiger partial charge in [0, 0.05) is 6.04 Å². The van der Waals surface area contributed by atoms with E-state index in [1.807, 2.05) is 12.1 Å². The largest absolute Gasteiger partial charge is 0.492 e. The topological polar surface area (TPSA) is 21.3 Å². The number of nitrogens with one attached hydrogen (secondary N) is 1. The molecule has 0 bridgehead atoms. The summed E-state index contributed by atoms with van der Waals surface area (Å²) in [6.07, 6.45) is 2.13. The first-order chi connectivity index (χ1) is 8.19. The van der Waals surface area contributed by atoms with Gasteiger partial charge in [-0.05, 0) is 44.0 Å². The Labute approximate surface area is 109 Å². The zero-order valence-corrected chi connectivity index (χ0v) is 11.7. The Morgan fingerprint density at radius 3 is 2.65 bits per heavy atom. The van der Waals surface area contributed by atoms with Crippen molar-refractivity contribution in [3.63, 3.8) is 0 Å². The van der Waals surface area contributed by atoms with Crippen LogP contribution in [0.3, 0.4) is 0 Å². The molecule has 0 fully saturated rings. The number of halogens is 1. The molecule has 0 aromatic heterocycles. The number of hydrogen-bond donors (Lipinski definition) is 1. The smallest absolute Gasteiger partial charge is 0.137 e. The Bertz CT molecular complexity index is 341. The van der Waals surface area contributed by atoms with Gasteiger partial charge in [-0.2, -0.15) is 0 Å². The molecule has 0 saturated carbocycles. The molecule has 1 aromatic carbocycles. The van der Waals surface area contributed by atoms with E-state index in [9.17, 15) is 0 Å². The molecular weight excluding hydrogens is 234 g/mol. The molecule has 0 saturated heterocycles. The predicted molar refractivity (Wildman–Crippen MR) is 73.9 cm³/mol. The van der Waals surface area contributed by atoms with Gasteiger partial charge in [-0.1, -0.05) is 31.5 Å². The highest BCUT2D eigenvalue weighted by molar-refractivity contribution is 6.32. The molecule has 0 spiro atoms. The minimum atomic E-state index is 0.327. The number of rotatable bonds is 7. The average molecular weight is 256 g/mol. The van der Waals surface area contributed by atoms with Crippen molar-refractivity contribution in [2.24, 2.45) is 0 Å². The highest BCUT2D eigenvalue weighted by Gasteiger charge is 2.08. The zero-order chi connectivity index (χ0) is 12.7. The molecule has 17 heavy (non-hydrogen) atoms. The molecule has 0 aliphatic heterocycles. The lowest BCUT2D eigenvalue weighted by Gasteiger charge is -2.15. The van der Waals surface area contributed by atoms with Crippen LogP contribution in [0.1, 0.15) is 45.2 Å². The number of benzene rings is 1. The van der Waals surface area contributed by atoms with E-state index in [2.05, 4.69) is 32.2 Å². The molecular formula is C14H22ClNO. The molecule has 1 unspecified atom stereocenters. The van der Waals surface area contributed by atoms with Crippen LogP contribution in [0, 0.1) is 0 Å². The summed E-state index contributed by atoms with van der Waals surface area (Å²) in [6, 6.07) is 6.34. The van der Waals surface area contributed by atoms with Crippen LogP contribution in [-0.2, 0) is 0 Å². The first-order valence-electron chi connectivity index (χ1n) is 6.34. The van der Waals surface area contributed by atoms with Gasteiger partial charge in [-0.3, -0.25) is 0 Å². The second-order valence-corrected chi connectivity index (χ2v) is 4.62. The zero-order valence-electron chi connectivity index (χ0n) is 10.9. The lowest BCUT2D eigenvalue weighted by molar-refractivity contribution is 0.317. The fraction of sp³-hybridized carbons (Fsp3) is 0.571. The third kappa shape index (κ3) is 4.57. The minimum absolute atomic E-state index is 0.327. The summed E-state index contributed by atoms with van der Waals surface area (Å²) in [7, 11) is 0. The first-order valence-corrected chi connectivity index (χ1v) is 6.72. The summed E-state index contributed by atoms with van der Waals surface area (Å²) in [5, 5.41) is 4.13. The van der Waals surface area contributed by atoms with Crippen molar-refractivity contribution in [3.8, 4) is 5.75 Å². The maximum atomic E-state index is 6.19. The van der Waals surface area contributed by atoms with E-state index in [-0.39, 0.29) is 0 Å². The van der Waals surface area contributed by atoms with Gasteiger partial charge in [0.25, 0.3) is 0 Å². The van der Waals surface area contributed by atoms with E-state index in [1.54, 1.807) is 0 Å². The second-order valence-electron chi connectivity index (χ2n) is 4.21. The fourth-order valence-corrected chi connectivity index (χ4v) is 1.84. The molecule has 1 atom stereocenters. The van der Waals surface area contributed by atoms with Crippen molar-refractivity contribution < 1.29 is 4.74 Å². The minimum Gasteiger partial charge on any atom is -0.492 e. The number of ether oxygens (including phenoxy) is 1. The van der Waals surface area contributed by atoms with Crippen molar-refractivity contribution in [2.75, 3.05) is 13.2 Å². The Morgan fingerprint density at radius 1 is 1.29 bits per heavy atom. The summed E-state index contributed by atoms with van der Waals surface area (Å²) < 4.78 is 5.55. The SMILES string of the molecule is CCCNC(C)c1ccc(OCCC)c(Cl)c1. The maximum Gasteiger partial charge on any atom is 0.137 e. The van der Waals surface area contributed by atoms with Crippen molar-refractivity contribution in [1.29, 1.82) is 0 Å². The molecule has 1 N–H and O–H groups in total. The monoisotopic (exact) mass is 255 g/mol. The van der Waals surface area contributed by atoms with Crippen molar-refractivity contribution >= 4 is 11.6 Å². The molecule has 1 aromatic rings. The molecule has 0 radical (unpaired) electrons. The van der Waals surface area contributed by atoms with E-state index < -0.39 is 0 Å². The molecule has 2 nitrogen and oxygen atoms in total. The van der Waals surface area contributed by atoms with E-state index in [1.165, 1.54) is 5.56 Å². The van der Waals surface area contributed by atoms with Gasteiger partial charge in [0.15, 0.2) is 0 Å². The van der Waals surface area contributed by atoms with Gasteiger partial charge in [0.05, 0.1) is 11.6 Å². The summed E-state index contributed by atoms with van der Waals surface area (Å²) in [5.74, 6) is 0.778. The van der Waals surface area contributed by atoms with Crippen LogP contribution in [0.4, 0.5) is 0 Å². The van der Waals surface area contributed by atoms with Gasteiger partial charge < -0.3 is 10.1 Å². The second kappa shape index (κ2) is 7.57. The van der Waals surface area contributed by atoms with Gasteiger partial charge in [-0.25, -0.2) is 0 Å². The van der Waals surface area contributed by atoms with E-state index in [0.717, 1.165) is 25.1 Å². The van der Waals surface area contributed by atoms with Crippen molar-refractivity contribution in [3.05, 3.63) is 28.8 Å². The van der Waals surface area contributed by atoms with E-state index in [0.29, 0.717) is 17.7 Å². The number of hydrogen-bond acceptors (Lipinski definition) is 2. The van der Waals surface area contributed by atoms with E-state index >= 15 is 0 Å². The van der Waals surface area contributed by atoms with Crippen LogP contribution in [0.15, 0.2) is 18.2 Å². The fourth-order valence-electron chi connectivity index (χ4n) is 1.59. The first kappa shape index (κ1) is 14.3. The molecule has 0 aliphatic carbocycles. The standard InChI is InChI=1S/C14H22ClNO/c1-4-8-16-11(3)12-6-7-14(13(15)10-12)17-9-5-2/h6-7,10-11,16H,4-5,8-9H2,1-3H3. The van der Waals surface area contributed by atoms with Crippen molar-refractivity contribution in [2.45, 2.75) is 39.7 Å². The average Bonchev–Trinajstić information content (AvgIpc) is 2.34. The Balaban J connectivity index is 2.67. The Kier molecular flexibility index (Phi) is 6.38. The summed E-state index contributed by atoms with van der Waals surface area (Å²) in [6.45, 7) is 8.12. The quantitative estimate of drug-likeness (QED) is 0.789. The molecule has 0 amide bonds. The van der Waals surface area contributed by atoms with Gasteiger partial charge in [-0.15, -0.1) is 0 Å². The van der Waals surface area contributed by atoms with Crippen LogP contribution < -0.4 is 10.1 Å². The van der Waals surface area contributed by atoms with Crippen LogP contribution >= 0.6 is 11.6 Å².